The third-order valence-corrected chi connectivity index (χ3v) is 4.83. The summed E-state index contributed by atoms with van der Waals surface area (Å²) >= 11 is 0. The average molecular weight is 532 g/mol. The summed E-state index contributed by atoms with van der Waals surface area (Å²) in [5, 5.41) is 0. The van der Waals surface area contributed by atoms with Gasteiger partial charge in [0.05, 0.1) is 23.8 Å². The van der Waals surface area contributed by atoms with Crippen LogP contribution >= 0.6 is 0 Å². The number of methoxy groups -OCH3 is 1. The lowest BCUT2D eigenvalue weighted by atomic mass is 9.95. The molecule has 3 aromatic rings. The second-order valence-corrected chi connectivity index (χ2v) is 7.25. The summed E-state index contributed by atoms with van der Waals surface area (Å²) in [5.74, 6) is -6.17. The summed E-state index contributed by atoms with van der Waals surface area (Å²) in [7, 11) is 1.03. The first-order chi connectivity index (χ1) is 17.1. The van der Waals surface area contributed by atoms with Gasteiger partial charge in [0.1, 0.15) is 17.3 Å². The number of benzene rings is 3. The predicted molar refractivity (Wildman–Crippen MR) is 114 cm³/mol. The highest BCUT2D eigenvalue weighted by Crippen LogP contribution is 2.45. The summed E-state index contributed by atoms with van der Waals surface area (Å²) in [6, 6.07) is 6.59. The van der Waals surface area contributed by atoms with Gasteiger partial charge in [-0.3, -0.25) is 9.59 Å². The fourth-order valence-electron chi connectivity index (χ4n) is 3.32. The Kier molecular flexibility index (Phi) is 7.23. The van der Waals surface area contributed by atoms with Crippen LogP contribution in [0, 0.1) is 5.82 Å². The molecular weight excluding hydrogens is 517 g/mol. The van der Waals surface area contributed by atoms with E-state index in [1.165, 1.54) is 0 Å². The van der Waals surface area contributed by atoms with Crippen LogP contribution in [0.5, 0.6) is 23.0 Å². The molecule has 0 aliphatic carbocycles. The first-order valence-electron chi connectivity index (χ1n) is 9.87. The van der Waals surface area contributed by atoms with Gasteiger partial charge in [-0.25, -0.2) is 4.39 Å². The fraction of sp³-hybridized carbons (Fsp3) is 0.130. The number of hydrogen-bond acceptors (Lipinski definition) is 5. The van der Waals surface area contributed by atoms with Crippen LogP contribution in [-0.4, -0.2) is 25.3 Å². The lowest BCUT2D eigenvalue weighted by molar-refractivity contribution is -0.274. The molecule has 0 saturated heterocycles. The van der Waals surface area contributed by atoms with Gasteiger partial charge in [-0.2, -0.15) is 13.2 Å². The van der Waals surface area contributed by atoms with E-state index in [1.54, 1.807) is 0 Å². The molecule has 0 aliphatic heterocycles. The van der Waals surface area contributed by atoms with Gasteiger partial charge in [0, 0.05) is 11.6 Å². The molecule has 0 heterocycles. The van der Waals surface area contributed by atoms with Gasteiger partial charge >= 0.3 is 12.5 Å². The van der Waals surface area contributed by atoms with E-state index < -0.39 is 69.9 Å². The van der Waals surface area contributed by atoms with E-state index in [4.69, 9.17) is 20.9 Å². The monoisotopic (exact) mass is 532 g/mol. The van der Waals surface area contributed by atoms with Crippen LogP contribution in [0.1, 0.15) is 26.3 Å². The SMILES string of the molecule is COc1cc(OC(F)(F)F)ccc1Oc1c(-c2ccc(F)c(C(N)=O)c2)ccc(C(F)(F)F)c1C(N)=O. The Morgan fingerprint density at radius 3 is 2.05 bits per heavy atom. The van der Waals surface area contributed by atoms with E-state index in [0.29, 0.717) is 6.07 Å². The molecule has 0 radical (unpaired) electrons. The van der Waals surface area contributed by atoms with Crippen LogP contribution in [0.3, 0.4) is 0 Å². The highest BCUT2D eigenvalue weighted by Gasteiger charge is 2.38. The molecule has 0 aromatic heterocycles. The summed E-state index contributed by atoms with van der Waals surface area (Å²) in [6.07, 6.45) is -10.1. The molecule has 3 aromatic carbocycles. The second-order valence-electron chi connectivity index (χ2n) is 7.25. The maximum absolute atomic E-state index is 14.0. The smallest absolute Gasteiger partial charge is 0.493 e. The van der Waals surface area contributed by atoms with Gasteiger partial charge in [0.25, 0.3) is 11.8 Å². The Morgan fingerprint density at radius 2 is 1.51 bits per heavy atom. The number of hydrogen-bond donors (Lipinski definition) is 2. The van der Waals surface area contributed by atoms with Crippen molar-refractivity contribution >= 4 is 11.8 Å². The lowest BCUT2D eigenvalue weighted by Crippen LogP contribution is -2.20. The second kappa shape index (κ2) is 9.87. The van der Waals surface area contributed by atoms with Crippen molar-refractivity contribution in [3.05, 3.63) is 71.0 Å². The number of carbonyl (C=O) groups excluding carboxylic acids is 2. The molecule has 196 valence electrons. The lowest BCUT2D eigenvalue weighted by Gasteiger charge is -2.20. The molecule has 0 spiro atoms. The van der Waals surface area contributed by atoms with Crippen LogP contribution in [-0.2, 0) is 6.18 Å². The summed E-state index contributed by atoms with van der Waals surface area (Å²) in [5.41, 5.74) is 6.77. The maximum Gasteiger partial charge on any atom is 0.573 e. The molecule has 0 aliphatic rings. The van der Waals surface area contributed by atoms with Crippen LogP contribution < -0.4 is 25.7 Å². The molecule has 0 saturated carbocycles. The fourth-order valence-corrected chi connectivity index (χ4v) is 3.32. The molecule has 7 nitrogen and oxygen atoms in total. The molecule has 14 heteroatoms. The van der Waals surface area contributed by atoms with Gasteiger partial charge in [0.15, 0.2) is 11.5 Å². The Morgan fingerprint density at radius 1 is 0.838 bits per heavy atom. The minimum Gasteiger partial charge on any atom is -0.493 e. The highest BCUT2D eigenvalue weighted by molar-refractivity contribution is 6.01. The van der Waals surface area contributed by atoms with Crippen molar-refractivity contribution in [1.82, 2.24) is 0 Å². The maximum atomic E-state index is 14.0. The van der Waals surface area contributed by atoms with Crippen molar-refractivity contribution in [2.45, 2.75) is 12.5 Å². The molecule has 0 fully saturated rings. The van der Waals surface area contributed by atoms with E-state index in [9.17, 15) is 40.3 Å². The number of amides is 2. The number of primary amides is 2. The normalized spacial score (nSPS) is 11.7. The van der Waals surface area contributed by atoms with Crippen LogP contribution in [0.15, 0.2) is 48.5 Å². The van der Waals surface area contributed by atoms with Gasteiger partial charge in [0.2, 0.25) is 0 Å². The number of nitrogens with two attached hydrogens (primary N) is 2. The van der Waals surface area contributed by atoms with Crippen molar-refractivity contribution in [3.8, 4) is 34.1 Å². The topological polar surface area (TPSA) is 114 Å². The summed E-state index contributed by atoms with van der Waals surface area (Å²) < 4.78 is 107. The number of halogens is 7. The van der Waals surface area contributed by atoms with E-state index in [-0.39, 0.29) is 11.1 Å². The largest absolute Gasteiger partial charge is 0.573 e. The van der Waals surface area contributed by atoms with E-state index in [0.717, 1.165) is 49.6 Å². The standard InChI is InChI=1S/C23H15F7N2O5/c1-35-17-9-11(37-23(28,29)30)3-7-16(17)36-19-12(10-2-6-15(24)13(8-10)20(31)33)4-5-14(22(25,26)27)18(19)21(32)34/h2-9H,1H3,(H2,31,33)(H2,32,34). The average Bonchev–Trinajstić information content (AvgIpc) is 2.78. The number of rotatable bonds is 7. The van der Waals surface area contributed by atoms with Crippen molar-refractivity contribution in [2.24, 2.45) is 11.5 Å². The van der Waals surface area contributed by atoms with Crippen molar-refractivity contribution in [3.63, 3.8) is 0 Å². The molecule has 4 N–H and O–H groups in total. The van der Waals surface area contributed by atoms with Crippen molar-refractivity contribution in [2.75, 3.05) is 7.11 Å². The quantitative estimate of drug-likeness (QED) is 0.395. The Bertz CT molecular complexity index is 1370. The van der Waals surface area contributed by atoms with Crippen LogP contribution in [0.2, 0.25) is 0 Å². The van der Waals surface area contributed by atoms with Crippen LogP contribution in [0.25, 0.3) is 11.1 Å². The first kappa shape index (κ1) is 27.1. The molecule has 2 amide bonds. The molecular formula is C23H15F7N2O5. The van der Waals surface area contributed by atoms with Gasteiger partial charge < -0.3 is 25.7 Å². The molecule has 0 atom stereocenters. The van der Waals surface area contributed by atoms with E-state index >= 15 is 0 Å². The van der Waals surface area contributed by atoms with Gasteiger partial charge in [-0.1, -0.05) is 6.07 Å². The van der Waals surface area contributed by atoms with E-state index in [2.05, 4.69) is 4.74 Å². The Balaban J connectivity index is 2.29. The Hall–Kier alpha value is -4.49. The van der Waals surface area contributed by atoms with Crippen LogP contribution in [0.4, 0.5) is 30.7 Å². The third-order valence-electron chi connectivity index (χ3n) is 4.83. The summed E-state index contributed by atoms with van der Waals surface area (Å²) in [6.45, 7) is 0. The predicted octanol–water partition coefficient (Wildman–Crippen LogP) is 5.41. The van der Waals surface area contributed by atoms with Crippen molar-refractivity contribution in [1.29, 1.82) is 0 Å². The third kappa shape index (κ3) is 6.02. The zero-order valence-electron chi connectivity index (χ0n) is 18.5. The van der Waals surface area contributed by atoms with Gasteiger partial charge in [-0.15, -0.1) is 13.2 Å². The zero-order chi connectivity index (χ0) is 27.7. The van der Waals surface area contributed by atoms with Crippen molar-refractivity contribution < 1.29 is 54.5 Å². The molecule has 0 bridgehead atoms. The minimum absolute atomic E-state index is 0.0996. The molecule has 0 unspecified atom stereocenters. The highest BCUT2D eigenvalue weighted by atomic mass is 19.4. The summed E-state index contributed by atoms with van der Waals surface area (Å²) in [4.78, 5) is 23.8. The number of alkyl halides is 6. The zero-order valence-corrected chi connectivity index (χ0v) is 18.5. The Labute approximate surface area is 203 Å². The number of ether oxygens (including phenoxy) is 3. The van der Waals surface area contributed by atoms with E-state index in [1.807, 2.05) is 0 Å². The molecule has 3 rings (SSSR count). The molecule has 37 heavy (non-hydrogen) atoms. The minimum atomic E-state index is -5.09. The first-order valence-corrected chi connectivity index (χ1v) is 9.87. The number of carbonyl (C=O) groups is 2. The van der Waals surface area contributed by atoms with Gasteiger partial charge in [-0.05, 0) is 42.0 Å².